The van der Waals surface area contributed by atoms with Gasteiger partial charge in [-0.3, -0.25) is 0 Å². The number of halogens is 4. The van der Waals surface area contributed by atoms with E-state index in [-0.39, 0.29) is 5.56 Å². The first-order chi connectivity index (χ1) is 8.89. The van der Waals surface area contributed by atoms with Crippen molar-refractivity contribution in [2.75, 3.05) is 0 Å². The van der Waals surface area contributed by atoms with Crippen LogP contribution in [-0.2, 0) is 6.18 Å². The summed E-state index contributed by atoms with van der Waals surface area (Å²) < 4.78 is 51.7. The van der Waals surface area contributed by atoms with Gasteiger partial charge in [0.1, 0.15) is 5.82 Å². The van der Waals surface area contributed by atoms with E-state index < -0.39 is 23.6 Å². The second-order valence-corrected chi connectivity index (χ2v) is 5.20. The molecule has 0 spiro atoms. The minimum atomic E-state index is -4.67. The standard InChI is InChI=1S/C14H17F4N/c15-13-10(6-3-7-11(13)14(16,17)18)12(19)8-9-4-1-2-5-9/h3,6-7,9,12H,1-2,4-5,8,19H2. The average molecular weight is 275 g/mol. The zero-order valence-electron chi connectivity index (χ0n) is 10.5. The highest BCUT2D eigenvalue weighted by Crippen LogP contribution is 2.36. The van der Waals surface area contributed by atoms with Crippen LogP contribution in [0, 0.1) is 11.7 Å². The summed E-state index contributed by atoms with van der Waals surface area (Å²) >= 11 is 0. The van der Waals surface area contributed by atoms with E-state index in [9.17, 15) is 17.6 Å². The molecule has 1 saturated carbocycles. The van der Waals surface area contributed by atoms with Crippen LogP contribution in [0.25, 0.3) is 0 Å². The number of rotatable bonds is 3. The minimum Gasteiger partial charge on any atom is -0.324 e. The molecule has 1 aliphatic carbocycles. The first-order valence-electron chi connectivity index (χ1n) is 6.50. The van der Waals surface area contributed by atoms with Gasteiger partial charge < -0.3 is 5.73 Å². The van der Waals surface area contributed by atoms with Crippen LogP contribution in [0.3, 0.4) is 0 Å². The molecule has 0 amide bonds. The lowest BCUT2D eigenvalue weighted by atomic mass is 9.93. The molecule has 1 unspecified atom stereocenters. The summed E-state index contributed by atoms with van der Waals surface area (Å²) in [5.41, 5.74) is 4.62. The Bertz CT molecular complexity index is 436. The van der Waals surface area contributed by atoms with Crippen molar-refractivity contribution in [3.05, 3.63) is 35.1 Å². The average Bonchev–Trinajstić information content (AvgIpc) is 2.80. The van der Waals surface area contributed by atoms with Gasteiger partial charge in [-0.05, 0) is 18.4 Å². The molecule has 0 aliphatic heterocycles. The lowest BCUT2D eigenvalue weighted by Crippen LogP contribution is -2.18. The maximum absolute atomic E-state index is 13.9. The van der Waals surface area contributed by atoms with E-state index in [0.29, 0.717) is 12.3 Å². The van der Waals surface area contributed by atoms with Crippen molar-refractivity contribution in [2.45, 2.75) is 44.3 Å². The smallest absolute Gasteiger partial charge is 0.324 e. The SMILES string of the molecule is NC(CC1CCCC1)c1cccc(C(F)(F)F)c1F. The Kier molecular flexibility index (Phi) is 4.13. The van der Waals surface area contributed by atoms with Crippen LogP contribution < -0.4 is 5.73 Å². The molecule has 5 heteroatoms. The topological polar surface area (TPSA) is 26.0 Å². The van der Waals surface area contributed by atoms with E-state index in [4.69, 9.17) is 5.73 Å². The van der Waals surface area contributed by atoms with Gasteiger partial charge in [-0.25, -0.2) is 4.39 Å². The third kappa shape index (κ3) is 3.26. The van der Waals surface area contributed by atoms with Gasteiger partial charge in [-0.1, -0.05) is 37.8 Å². The second-order valence-electron chi connectivity index (χ2n) is 5.20. The zero-order valence-corrected chi connectivity index (χ0v) is 10.5. The lowest BCUT2D eigenvalue weighted by molar-refractivity contribution is -0.140. The fourth-order valence-corrected chi connectivity index (χ4v) is 2.79. The van der Waals surface area contributed by atoms with E-state index in [1.165, 1.54) is 12.1 Å². The van der Waals surface area contributed by atoms with E-state index in [2.05, 4.69) is 0 Å². The molecule has 0 radical (unpaired) electrons. The van der Waals surface area contributed by atoms with E-state index >= 15 is 0 Å². The summed E-state index contributed by atoms with van der Waals surface area (Å²) in [7, 11) is 0. The molecule has 1 fully saturated rings. The number of hydrogen-bond acceptors (Lipinski definition) is 1. The van der Waals surface area contributed by atoms with E-state index in [1.54, 1.807) is 0 Å². The van der Waals surface area contributed by atoms with Crippen LogP contribution >= 0.6 is 0 Å². The molecular weight excluding hydrogens is 258 g/mol. The van der Waals surface area contributed by atoms with Crippen LogP contribution in [0.1, 0.15) is 49.3 Å². The molecule has 0 aromatic heterocycles. The van der Waals surface area contributed by atoms with Crippen LogP contribution in [0.5, 0.6) is 0 Å². The second kappa shape index (κ2) is 5.49. The Hall–Kier alpha value is -1.10. The number of nitrogens with two attached hydrogens (primary N) is 1. The highest BCUT2D eigenvalue weighted by Gasteiger charge is 2.35. The molecule has 1 aliphatic rings. The fourth-order valence-electron chi connectivity index (χ4n) is 2.79. The highest BCUT2D eigenvalue weighted by molar-refractivity contribution is 5.30. The monoisotopic (exact) mass is 275 g/mol. The molecule has 0 heterocycles. The first kappa shape index (κ1) is 14.3. The highest BCUT2D eigenvalue weighted by atomic mass is 19.4. The maximum Gasteiger partial charge on any atom is 0.419 e. The van der Waals surface area contributed by atoms with Crippen molar-refractivity contribution in [1.82, 2.24) is 0 Å². The molecule has 1 nitrogen and oxygen atoms in total. The summed E-state index contributed by atoms with van der Waals surface area (Å²) in [6.45, 7) is 0. The van der Waals surface area contributed by atoms with E-state index in [1.807, 2.05) is 0 Å². The van der Waals surface area contributed by atoms with Crippen LogP contribution in [0.15, 0.2) is 18.2 Å². The largest absolute Gasteiger partial charge is 0.419 e. The quantitative estimate of drug-likeness (QED) is 0.812. The predicted molar refractivity (Wildman–Crippen MR) is 64.9 cm³/mol. The molecule has 0 saturated heterocycles. The van der Waals surface area contributed by atoms with Crippen molar-refractivity contribution in [2.24, 2.45) is 11.7 Å². The van der Waals surface area contributed by atoms with Crippen molar-refractivity contribution >= 4 is 0 Å². The Balaban J connectivity index is 2.19. The van der Waals surface area contributed by atoms with Crippen LogP contribution in [-0.4, -0.2) is 0 Å². The van der Waals surface area contributed by atoms with Gasteiger partial charge in [-0.2, -0.15) is 13.2 Å². The van der Waals surface area contributed by atoms with Crippen LogP contribution in [0.2, 0.25) is 0 Å². The van der Waals surface area contributed by atoms with Crippen molar-refractivity contribution in [1.29, 1.82) is 0 Å². The number of hydrogen-bond donors (Lipinski definition) is 1. The zero-order chi connectivity index (χ0) is 14.0. The van der Waals surface area contributed by atoms with Crippen molar-refractivity contribution < 1.29 is 17.6 Å². The molecule has 2 N–H and O–H groups in total. The molecule has 1 aromatic carbocycles. The van der Waals surface area contributed by atoms with Crippen molar-refractivity contribution in [3.8, 4) is 0 Å². The Labute approximate surface area is 109 Å². The molecular formula is C14H17F4N. The third-order valence-corrected chi connectivity index (χ3v) is 3.80. The summed E-state index contributed by atoms with van der Waals surface area (Å²) in [6.07, 6.45) is 0.207. The van der Waals surface area contributed by atoms with Crippen LogP contribution in [0.4, 0.5) is 17.6 Å². The Morgan fingerprint density at radius 2 is 1.84 bits per heavy atom. The van der Waals surface area contributed by atoms with Gasteiger partial charge in [0.2, 0.25) is 0 Å². The fraction of sp³-hybridized carbons (Fsp3) is 0.571. The van der Waals surface area contributed by atoms with E-state index in [0.717, 1.165) is 31.7 Å². The molecule has 0 bridgehead atoms. The third-order valence-electron chi connectivity index (χ3n) is 3.80. The summed E-state index contributed by atoms with van der Waals surface area (Å²) in [5, 5.41) is 0. The summed E-state index contributed by atoms with van der Waals surface area (Å²) in [6, 6.07) is 2.66. The summed E-state index contributed by atoms with van der Waals surface area (Å²) in [5.74, 6) is -0.815. The van der Waals surface area contributed by atoms with Gasteiger partial charge in [0.25, 0.3) is 0 Å². The van der Waals surface area contributed by atoms with Gasteiger partial charge in [0, 0.05) is 11.6 Å². The lowest BCUT2D eigenvalue weighted by Gasteiger charge is -2.19. The summed E-state index contributed by atoms with van der Waals surface area (Å²) in [4.78, 5) is 0. The number of benzene rings is 1. The molecule has 106 valence electrons. The number of alkyl halides is 3. The molecule has 19 heavy (non-hydrogen) atoms. The predicted octanol–water partition coefficient (Wildman–Crippen LogP) is 4.42. The van der Waals surface area contributed by atoms with Gasteiger partial charge in [0.05, 0.1) is 5.56 Å². The molecule has 2 rings (SSSR count). The van der Waals surface area contributed by atoms with Gasteiger partial charge in [0.15, 0.2) is 0 Å². The van der Waals surface area contributed by atoms with Crippen molar-refractivity contribution in [3.63, 3.8) is 0 Å². The normalized spacial score (nSPS) is 18.8. The van der Waals surface area contributed by atoms with Gasteiger partial charge in [-0.15, -0.1) is 0 Å². The molecule has 1 aromatic rings. The minimum absolute atomic E-state index is 0.0262. The maximum atomic E-state index is 13.9. The Morgan fingerprint density at radius 3 is 2.42 bits per heavy atom. The Morgan fingerprint density at radius 1 is 1.21 bits per heavy atom. The van der Waals surface area contributed by atoms with Gasteiger partial charge >= 0.3 is 6.18 Å². The first-order valence-corrected chi connectivity index (χ1v) is 6.50. The molecule has 1 atom stereocenters.